The van der Waals surface area contributed by atoms with Crippen molar-refractivity contribution >= 4 is 15.8 Å². The van der Waals surface area contributed by atoms with Gasteiger partial charge in [0.1, 0.15) is 11.6 Å². The maximum absolute atomic E-state index is 11.7. The van der Waals surface area contributed by atoms with Crippen LogP contribution in [0.2, 0.25) is 0 Å². The third-order valence-corrected chi connectivity index (χ3v) is 3.07. The molecule has 19 heavy (non-hydrogen) atoms. The summed E-state index contributed by atoms with van der Waals surface area (Å²) in [6.07, 6.45) is 3.83. The fourth-order valence-corrected chi connectivity index (χ4v) is 2.18. The molecule has 1 rings (SSSR count). The van der Waals surface area contributed by atoms with Crippen LogP contribution in [0.3, 0.4) is 0 Å². The van der Waals surface area contributed by atoms with E-state index in [1.165, 1.54) is 6.20 Å². The van der Waals surface area contributed by atoms with Crippen LogP contribution >= 0.6 is 0 Å². The van der Waals surface area contributed by atoms with E-state index in [0.717, 1.165) is 12.7 Å². The second-order valence-electron chi connectivity index (χ2n) is 4.19. The zero-order valence-corrected chi connectivity index (χ0v) is 12.2. The third-order valence-electron chi connectivity index (χ3n) is 2.29. The van der Waals surface area contributed by atoms with Gasteiger partial charge in [0.15, 0.2) is 9.84 Å². The highest BCUT2D eigenvalue weighted by Gasteiger charge is 2.16. The number of carbonyl (C=O) groups is 1. The van der Waals surface area contributed by atoms with Gasteiger partial charge in [-0.05, 0) is 13.3 Å². The van der Waals surface area contributed by atoms with Crippen molar-refractivity contribution in [3.05, 3.63) is 23.3 Å². The van der Waals surface area contributed by atoms with E-state index in [4.69, 9.17) is 4.74 Å². The predicted molar refractivity (Wildman–Crippen MR) is 70.5 cm³/mol. The van der Waals surface area contributed by atoms with E-state index in [1.807, 2.05) is 6.92 Å². The number of esters is 1. The quantitative estimate of drug-likeness (QED) is 0.729. The molecule has 0 amide bonds. The molecule has 6 nitrogen and oxygen atoms in total. The summed E-state index contributed by atoms with van der Waals surface area (Å²) in [5.74, 6) is -0.497. The van der Waals surface area contributed by atoms with Crippen LogP contribution in [0, 0.1) is 0 Å². The molecule has 106 valence electrons. The molecule has 0 aromatic carbocycles. The molecule has 0 aliphatic heterocycles. The van der Waals surface area contributed by atoms with Crippen LogP contribution in [0.4, 0.5) is 0 Å². The Hall–Kier alpha value is -1.50. The molecule has 0 N–H and O–H groups in total. The number of aromatic nitrogens is 2. The normalized spacial score (nSPS) is 11.3. The largest absolute Gasteiger partial charge is 0.462 e. The van der Waals surface area contributed by atoms with E-state index < -0.39 is 15.8 Å². The molecule has 0 bridgehead atoms. The minimum atomic E-state index is -3.19. The van der Waals surface area contributed by atoms with E-state index in [9.17, 15) is 13.2 Å². The Morgan fingerprint density at radius 1 is 1.37 bits per heavy atom. The van der Waals surface area contributed by atoms with Gasteiger partial charge in [0.05, 0.1) is 17.9 Å². The number of sulfone groups is 1. The molecule has 7 heteroatoms. The van der Waals surface area contributed by atoms with E-state index in [0.29, 0.717) is 17.7 Å². The van der Waals surface area contributed by atoms with Crippen molar-refractivity contribution in [3.63, 3.8) is 0 Å². The van der Waals surface area contributed by atoms with Crippen LogP contribution in [-0.4, -0.2) is 37.2 Å². The Kier molecular flexibility index (Phi) is 5.41. The smallest absolute Gasteiger partial charge is 0.341 e. The Morgan fingerprint density at radius 3 is 2.58 bits per heavy atom. The Bertz CT molecular complexity index is 555. The number of hydrogen-bond acceptors (Lipinski definition) is 6. The minimum absolute atomic E-state index is 0.207. The molecule has 1 heterocycles. The first-order chi connectivity index (χ1) is 8.87. The molecule has 0 saturated heterocycles. The summed E-state index contributed by atoms with van der Waals surface area (Å²) in [5.41, 5.74) is 0.843. The fraction of sp³-hybridized carbons (Fsp3) is 0.583. The van der Waals surface area contributed by atoms with Gasteiger partial charge in [-0.3, -0.25) is 0 Å². The van der Waals surface area contributed by atoms with Crippen LogP contribution in [0.15, 0.2) is 6.20 Å². The summed E-state index contributed by atoms with van der Waals surface area (Å²) in [6.45, 7) is 3.94. The van der Waals surface area contributed by atoms with Gasteiger partial charge in [0.25, 0.3) is 0 Å². The van der Waals surface area contributed by atoms with E-state index in [-0.39, 0.29) is 18.2 Å². The SMILES string of the molecule is CCCc1nc(CS(C)(=O)=O)ncc1C(=O)OCC. The molecular formula is C12H18N2O4S. The average Bonchev–Trinajstić information content (AvgIpc) is 2.27. The standard InChI is InChI=1S/C12H18N2O4S/c1-4-6-10-9(12(15)18-5-2)7-13-11(14-10)8-19(3,16)17/h7H,4-6,8H2,1-3H3. The lowest BCUT2D eigenvalue weighted by molar-refractivity contribution is 0.0524. The van der Waals surface area contributed by atoms with Crippen molar-refractivity contribution in [2.24, 2.45) is 0 Å². The summed E-state index contributed by atoms with van der Waals surface area (Å²) in [7, 11) is -3.19. The second-order valence-corrected chi connectivity index (χ2v) is 6.33. The monoisotopic (exact) mass is 286 g/mol. The summed E-state index contributed by atoms with van der Waals surface area (Å²) < 4.78 is 27.4. The van der Waals surface area contributed by atoms with E-state index >= 15 is 0 Å². The summed E-state index contributed by atoms with van der Waals surface area (Å²) in [6, 6.07) is 0. The zero-order valence-electron chi connectivity index (χ0n) is 11.3. The highest BCUT2D eigenvalue weighted by molar-refractivity contribution is 7.89. The molecule has 1 aromatic rings. The van der Waals surface area contributed by atoms with Crippen LogP contribution in [-0.2, 0) is 26.7 Å². The van der Waals surface area contributed by atoms with Crippen LogP contribution < -0.4 is 0 Å². The zero-order chi connectivity index (χ0) is 14.5. The molecule has 0 unspecified atom stereocenters. The van der Waals surface area contributed by atoms with Crippen molar-refractivity contribution in [2.75, 3.05) is 12.9 Å². The first-order valence-electron chi connectivity index (χ1n) is 6.07. The Balaban J connectivity index is 3.10. The first-order valence-corrected chi connectivity index (χ1v) is 8.13. The number of ether oxygens (including phenoxy) is 1. The van der Waals surface area contributed by atoms with Crippen LogP contribution in [0.5, 0.6) is 0 Å². The highest BCUT2D eigenvalue weighted by atomic mass is 32.2. The second kappa shape index (κ2) is 6.60. The molecule has 0 saturated carbocycles. The number of aryl methyl sites for hydroxylation is 1. The number of hydrogen-bond donors (Lipinski definition) is 0. The summed E-state index contributed by atoms with van der Waals surface area (Å²) in [5, 5.41) is 0. The van der Waals surface area contributed by atoms with Crippen molar-refractivity contribution in [1.29, 1.82) is 0 Å². The molecule has 1 aromatic heterocycles. The lowest BCUT2D eigenvalue weighted by atomic mass is 10.1. The van der Waals surface area contributed by atoms with E-state index in [1.54, 1.807) is 6.92 Å². The molecule has 0 aliphatic rings. The number of carbonyl (C=O) groups excluding carboxylic acids is 1. The summed E-state index contributed by atoms with van der Waals surface area (Å²) in [4.78, 5) is 19.8. The number of rotatable bonds is 6. The topological polar surface area (TPSA) is 86.2 Å². The predicted octanol–water partition coefficient (Wildman–Crippen LogP) is 1.15. The fourth-order valence-electron chi connectivity index (χ4n) is 1.57. The van der Waals surface area contributed by atoms with Crippen molar-refractivity contribution in [2.45, 2.75) is 32.4 Å². The Morgan fingerprint density at radius 2 is 2.05 bits per heavy atom. The first kappa shape index (κ1) is 15.6. The van der Waals surface area contributed by atoms with Gasteiger partial charge < -0.3 is 4.74 Å². The van der Waals surface area contributed by atoms with Gasteiger partial charge >= 0.3 is 5.97 Å². The third kappa shape index (κ3) is 4.94. The average molecular weight is 286 g/mol. The maximum Gasteiger partial charge on any atom is 0.341 e. The van der Waals surface area contributed by atoms with Crippen LogP contribution in [0.1, 0.15) is 42.1 Å². The molecule has 0 fully saturated rings. The Labute approximate surface area is 113 Å². The molecule has 0 aliphatic carbocycles. The minimum Gasteiger partial charge on any atom is -0.462 e. The van der Waals surface area contributed by atoms with Gasteiger partial charge in [-0.1, -0.05) is 13.3 Å². The van der Waals surface area contributed by atoms with E-state index in [2.05, 4.69) is 9.97 Å². The van der Waals surface area contributed by atoms with Gasteiger partial charge in [-0.15, -0.1) is 0 Å². The molecule has 0 atom stereocenters. The van der Waals surface area contributed by atoms with Gasteiger partial charge in [0, 0.05) is 12.5 Å². The van der Waals surface area contributed by atoms with Crippen molar-refractivity contribution in [1.82, 2.24) is 9.97 Å². The van der Waals surface area contributed by atoms with Crippen LogP contribution in [0.25, 0.3) is 0 Å². The molecule has 0 radical (unpaired) electrons. The summed E-state index contributed by atoms with van der Waals surface area (Å²) >= 11 is 0. The van der Waals surface area contributed by atoms with Gasteiger partial charge in [-0.25, -0.2) is 23.2 Å². The molecular weight excluding hydrogens is 268 g/mol. The van der Waals surface area contributed by atoms with Gasteiger partial charge in [-0.2, -0.15) is 0 Å². The molecule has 0 spiro atoms. The van der Waals surface area contributed by atoms with Gasteiger partial charge in [0.2, 0.25) is 0 Å². The lowest BCUT2D eigenvalue weighted by Gasteiger charge is -2.08. The van der Waals surface area contributed by atoms with Crippen molar-refractivity contribution in [3.8, 4) is 0 Å². The highest BCUT2D eigenvalue weighted by Crippen LogP contribution is 2.11. The number of nitrogens with zero attached hydrogens (tertiary/aromatic N) is 2. The van der Waals surface area contributed by atoms with Crippen molar-refractivity contribution < 1.29 is 17.9 Å². The maximum atomic E-state index is 11.7. The lowest BCUT2D eigenvalue weighted by Crippen LogP contribution is -2.14.